The summed E-state index contributed by atoms with van der Waals surface area (Å²) >= 11 is 0. The Morgan fingerprint density at radius 2 is 2.16 bits per heavy atom. The van der Waals surface area contributed by atoms with Gasteiger partial charge >= 0.3 is 0 Å². The zero-order chi connectivity index (χ0) is 14.0. The minimum Gasteiger partial charge on any atom is -0.388 e. The van der Waals surface area contributed by atoms with Crippen LogP contribution >= 0.6 is 0 Å². The summed E-state index contributed by atoms with van der Waals surface area (Å²) in [7, 11) is 0. The van der Waals surface area contributed by atoms with E-state index in [0.717, 1.165) is 0 Å². The van der Waals surface area contributed by atoms with Crippen LogP contribution in [-0.4, -0.2) is 24.6 Å². The number of rotatable bonds is 4. The Hall–Kier alpha value is -2.28. The second kappa shape index (κ2) is 5.15. The third-order valence-electron chi connectivity index (χ3n) is 3.02. The van der Waals surface area contributed by atoms with Crippen molar-refractivity contribution in [2.45, 2.75) is 27.0 Å². The highest BCUT2D eigenvalue weighted by Crippen LogP contribution is 2.24. The van der Waals surface area contributed by atoms with Crippen molar-refractivity contribution in [1.29, 1.82) is 0 Å². The number of hydrogen-bond donors (Lipinski definition) is 1. The van der Waals surface area contributed by atoms with E-state index in [2.05, 4.69) is 9.97 Å². The molecule has 0 bridgehead atoms. The number of pyridine rings is 1. The molecule has 2 aromatic heterocycles. The Bertz CT molecular complexity index is 621. The lowest BCUT2D eigenvalue weighted by Crippen LogP contribution is -2.09. The standard InChI is InChI=1S/C12H14N4O3/c1-8-5-14-10(9(2)12(8)16(18)19)6-15-4-3-13-11(15)7-17/h3-5,17H,6-7H2,1-2H3. The summed E-state index contributed by atoms with van der Waals surface area (Å²) in [5.74, 6) is 0.504. The minimum absolute atomic E-state index is 0.0932. The first kappa shape index (κ1) is 13.2. The lowest BCUT2D eigenvalue weighted by Gasteiger charge is -2.09. The number of nitro groups is 1. The van der Waals surface area contributed by atoms with Gasteiger partial charge in [0, 0.05) is 24.2 Å². The van der Waals surface area contributed by atoms with Crippen LogP contribution in [0.2, 0.25) is 0 Å². The maximum Gasteiger partial charge on any atom is 0.278 e. The second-order valence-corrected chi connectivity index (χ2v) is 4.25. The van der Waals surface area contributed by atoms with Crippen LogP contribution in [-0.2, 0) is 13.2 Å². The molecular formula is C12H14N4O3. The summed E-state index contributed by atoms with van der Waals surface area (Å²) in [6.07, 6.45) is 4.78. The number of hydrogen-bond acceptors (Lipinski definition) is 5. The van der Waals surface area contributed by atoms with Gasteiger partial charge < -0.3 is 9.67 Å². The van der Waals surface area contributed by atoms with Crippen LogP contribution in [0.25, 0.3) is 0 Å². The Morgan fingerprint density at radius 1 is 1.42 bits per heavy atom. The van der Waals surface area contributed by atoms with E-state index in [4.69, 9.17) is 5.11 Å². The van der Waals surface area contributed by atoms with Crippen molar-refractivity contribution in [3.63, 3.8) is 0 Å². The molecule has 0 aromatic carbocycles. The van der Waals surface area contributed by atoms with Gasteiger partial charge in [0.1, 0.15) is 12.4 Å². The molecule has 0 fully saturated rings. The third-order valence-corrected chi connectivity index (χ3v) is 3.02. The molecule has 7 nitrogen and oxygen atoms in total. The first-order valence-electron chi connectivity index (χ1n) is 5.75. The van der Waals surface area contributed by atoms with E-state index in [1.807, 2.05) is 0 Å². The highest BCUT2D eigenvalue weighted by atomic mass is 16.6. The Kier molecular flexibility index (Phi) is 3.57. The number of nitrogens with zero attached hydrogens (tertiary/aromatic N) is 4. The number of aliphatic hydroxyl groups is 1. The summed E-state index contributed by atoms with van der Waals surface area (Å²) < 4.78 is 1.72. The number of imidazole rings is 1. The van der Waals surface area contributed by atoms with Crippen molar-refractivity contribution < 1.29 is 10.0 Å². The van der Waals surface area contributed by atoms with E-state index >= 15 is 0 Å². The molecule has 0 radical (unpaired) electrons. The van der Waals surface area contributed by atoms with E-state index in [-0.39, 0.29) is 12.3 Å². The molecule has 100 valence electrons. The predicted molar refractivity (Wildman–Crippen MR) is 67.6 cm³/mol. The highest BCUT2D eigenvalue weighted by molar-refractivity contribution is 5.47. The maximum atomic E-state index is 11.0. The predicted octanol–water partition coefficient (Wildman–Crippen LogP) is 1.34. The van der Waals surface area contributed by atoms with Crippen LogP contribution in [0.5, 0.6) is 0 Å². The Balaban J connectivity index is 2.42. The third kappa shape index (κ3) is 2.45. The first-order chi connectivity index (χ1) is 9.04. The fourth-order valence-corrected chi connectivity index (χ4v) is 2.00. The molecule has 0 aliphatic rings. The summed E-state index contributed by atoms with van der Waals surface area (Å²) in [4.78, 5) is 18.9. The van der Waals surface area contributed by atoms with Crippen molar-refractivity contribution >= 4 is 5.69 Å². The number of aliphatic hydroxyl groups excluding tert-OH is 1. The molecule has 2 rings (SSSR count). The zero-order valence-corrected chi connectivity index (χ0v) is 10.7. The van der Waals surface area contributed by atoms with Crippen LogP contribution in [0, 0.1) is 24.0 Å². The van der Waals surface area contributed by atoms with Gasteiger partial charge in [0.15, 0.2) is 0 Å². The van der Waals surface area contributed by atoms with Gasteiger partial charge in [-0.05, 0) is 13.8 Å². The van der Waals surface area contributed by atoms with Gasteiger partial charge in [-0.1, -0.05) is 0 Å². The molecule has 0 spiro atoms. The van der Waals surface area contributed by atoms with Gasteiger partial charge in [0.05, 0.1) is 22.7 Å². The van der Waals surface area contributed by atoms with E-state index in [0.29, 0.717) is 29.2 Å². The van der Waals surface area contributed by atoms with Crippen molar-refractivity contribution in [1.82, 2.24) is 14.5 Å². The van der Waals surface area contributed by atoms with Gasteiger partial charge in [-0.25, -0.2) is 4.98 Å². The molecule has 19 heavy (non-hydrogen) atoms. The number of aromatic nitrogens is 3. The lowest BCUT2D eigenvalue weighted by atomic mass is 10.1. The quantitative estimate of drug-likeness (QED) is 0.662. The lowest BCUT2D eigenvalue weighted by molar-refractivity contribution is -0.386. The summed E-state index contributed by atoms with van der Waals surface area (Å²) in [5.41, 5.74) is 1.78. The van der Waals surface area contributed by atoms with Crippen LogP contribution in [0.4, 0.5) is 5.69 Å². The largest absolute Gasteiger partial charge is 0.388 e. The average Bonchev–Trinajstić information content (AvgIpc) is 2.79. The molecule has 0 aliphatic heterocycles. The molecule has 0 aliphatic carbocycles. The van der Waals surface area contributed by atoms with Crippen LogP contribution in [0.3, 0.4) is 0 Å². The monoisotopic (exact) mass is 262 g/mol. The SMILES string of the molecule is Cc1cnc(Cn2ccnc2CO)c(C)c1[N+](=O)[O-]. The molecule has 7 heteroatoms. The van der Waals surface area contributed by atoms with Crippen molar-refractivity contribution in [2.24, 2.45) is 0 Å². The molecule has 2 heterocycles. The average molecular weight is 262 g/mol. The van der Waals surface area contributed by atoms with Crippen molar-refractivity contribution in [3.05, 3.63) is 51.4 Å². The number of aryl methyl sites for hydroxylation is 1. The summed E-state index contributed by atoms with van der Waals surface area (Å²) in [6.45, 7) is 3.52. The molecule has 0 saturated carbocycles. The van der Waals surface area contributed by atoms with Gasteiger partial charge in [0.25, 0.3) is 5.69 Å². The summed E-state index contributed by atoms with van der Waals surface area (Å²) in [6, 6.07) is 0. The zero-order valence-electron chi connectivity index (χ0n) is 10.7. The van der Waals surface area contributed by atoms with Gasteiger partial charge in [-0.2, -0.15) is 0 Å². The Morgan fingerprint density at radius 3 is 2.79 bits per heavy atom. The summed E-state index contributed by atoms with van der Waals surface area (Å²) in [5, 5.41) is 20.2. The fourth-order valence-electron chi connectivity index (χ4n) is 2.00. The maximum absolute atomic E-state index is 11.0. The molecule has 0 atom stereocenters. The molecule has 2 aromatic rings. The van der Waals surface area contributed by atoms with E-state index < -0.39 is 4.92 Å². The smallest absolute Gasteiger partial charge is 0.278 e. The molecular weight excluding hydrogens is 248 g/mol. The molecule has 1 N–H and O–H groups in total. The van der Waals surface area contributed by atoms with E-state index in [1.54, 1.807) is 30.8 Å². The van der Waals surface area contributed by atoms with Gasteiger partial charge in [-0.3, -0.25) is 15.1 Å². The van der Waals surface area contributed by atoms with Crippen LogP contribution < -0.4 is 0 Å². The minimum atomic E-state index is -0.392. The molecule has 0 saturated heterocycles. The van der Waals surface area contributed by atoms with Gasteiger partial charge in [-0.15, -0.1) is 0 Å². The molecule has 0 unspecified atom stereocenters. The highest BCUT2D eigenvalue weighted by Gasteiger charge is 2.19. The normalized spacial score (nSPS) is 10.7. The van der Waals surface area contributed by atoms with Crippen LogP contribution in [0.15, 0.2) is 18.6 Å². The first-order valence-corrected chi connectivity index (χ1v) is 5.75. The van der Waals surface area contributed by atoms with Crippen LogP contribution in [0.1, 0.15) is 22.6 Å². The van der Waals surface area contributed by atoms with Gasteiger partial charge in [0.2, 0.25) is 0 Å². The van der Waals surface area contributed by atoms with Crippen molar-refractivity contribution in [2.75, 3.05) is 0 Å². The van der Waals surface area contributed by atoms with Crippen molar-refractivity contribution in [3.8, 4) is 0 Å². The fraction of sp³-hybridized carbons (Fsp3) is 0.333. The molecule has 0 amide bonds. The van der Waals surface area contributed by atoms with E-state index in [1.165, 1.54) is 6.20 Å². The topological polar surface area (TPSA) is 94.1 Å². The van der Waals surface area contributed by atoms with E-state index in [9.17, 15) is 10.1 Å². The Labute approximate surface area is 109 Å². The second-order valence-electron chi connectivity index (χ2n) is 4.25.